The van der Waals surface area contributed by atoms with Crippen molar-refractivity contribution in [2.75, 3.05) is 18.8 Å². The molecular weight excluding hydrogens is 749 g/mol. The van der Waals surface area contributed by atoms with Crippen LogP contribution in [0, 0.1) is 0 Å². The largest absolute Gasteiger partial charge is 0.309 e. The molecule has 0 N–H and O–H groups in total. The van der Waals surface area contributed by atoms with E-state index in [0.29, 0.717) is 5.82 Å². The Hall–Kier alpha value is -7.21. The van der Waals surface area contributed by atoms with Gasteiger partial charge >= 0.3 is 0 Å². The van der Waals surface area contributed by atoms with E-state index in [1.807, 2.05) is 12.1 Å². The molecule has 0 spiro atoms. The molecular formula is C55H42N4S. The van der Waals surface area contributed by atoms with Gasteiger partial charge in [-0.3, -0.25) is 0 Å². The lowest BCUT2D eigenvalue weighted by Gasteiger charge is -2.26. The van der Waals surface area contributed by atoms with Gasteiger partial charge in [0.2, 0.25) is 0 Å². The highest BCUT2D eigenvalue weighted by atomic mass is 32.3. The lowest BCUT2D eigenvalue weighted by atomic mass is 10.0. The highest BCUT2D eigenvalue weighted by Gasteiger charge is 2.18. The summed E-state index contributed by atoms with van der Waals surface area (Å²) in [5.74, 6) is 0.694. The minimum absolute atomic E-state index is 0.694. The average Bonchev–Trinajstić information content (AvgIpc) is 3.81. The Morgan fingerprint density at radius 1 is 0.333 bits per heavy atom. The van der Waals surface area contributed by atoms with E-state index >= 15 is 0 Å². The third-order valence-electron chi connectivity index (χ3n) is 11.7. The van der Waals surface area contributed by atoms with Gasteiger partial charge in [0, 0.05) is 49.6 Å². The zero-order valence-corrected chi connectivity index (χ0v) is 34.6. The van der Waals surface area contributed by atoms with Crippen molar-refractivity contribution < 1.29 is 0 Å². The summed E-state index contributed by atoms with van der Waals surface area (Å²) in [6.07, 6.45) is 7.05. The first-order chi connectivity index (χ1) is 29.4. The van der Waals surface area contributed by atoms with Crippen LogP contribution in [0.3, 0.4) is 0 Å². The van der Waals surface area contributed by atoms with E-state index in [1.165, 1.54) is 54.3 Å². The van der Waals surface area contributed by atoms with E-state index in [2.05, 4.69) is 216 Å². The maximum atomic E-state index is 5.14. The highest BCUT2D eigenvalue weighted by molar-refractivity contribution is 8.32. The second-order valence-corrected chi connectivity index (χ2v) is 20.4. The Kier molecular flexibility index (Phi) is 8.54. The van der Waals surface area contributed by atoms with Crippen molar-refractivity contribution in [1.82, 2.24) is 19.1 Å². The molecule has 0 bridgehead atoms. The lowest BCUT2D eigenvalue weighted by Crippen LogP contribution is -1.98. The Bertz CT molecular complexity index is 3330. The first-order valence-electron chi connectivity index (χ1n) is 20.3. The number of benzene rings is 8. The molecule has 0 aliphatic carbocycles. The number of para-hydroxylation sites is 2. The number of hydrogen-bond acceptors (Lipinski definition) is 2. The predicted molar refractivity (Wildman–Crippen MR) is 256 cm³/mol. The SMILES string of the molecule is CS(C)(C)c1ccc(-n2c3ccccc3c3ccc(-c4ccc5c(c4)c4ccccc4n5-c4cccc(-c5nc(-c6ccccc6)cc(-c6ccccc6)n5)c4)cc32)cc1. The van der Waals surface area contributed by atoms with Crippen LogP contribution in [0.1, 0.15) is 0 Å². The van der Waals surface area contributed by atoms with Gasteiger partial charge in [0.1, 0.15) is 0 Å². The monoisotopic (exact) mass is 790 g/mol. The Labute approximate surface area is 351 Å². The molecule has 4 nitrogen and oxygen atoms in total. The van der Waals surface area contributed by atoms with Gasteiger partial charge < -0.3 is 9.13 Å². The summed E-state index contributed by atoms with van der Waals surface area (Å²) < 4.78 is 4.80. The van der Waals surface area contributed by atoms with Crippen LogP contribution >= 0.6 is 10.0 Å². The van der Waals surface area contributed by atoms with Gasteiger partial charge in [-0.2, -0.15) is 0 Å². The molecule has 11 aromatic rings. The van der Waals surface area contributed by atoms with Crippen molar-refractivity contribution in [2.45, 2.75) is 4.90 Å². The molecule has 0 unspecified atom stereocenters. The van der Waals surface area contributed by atoms with Crippen LogP contribution in [0.15, 0.2) is 205 Å². The van der Waals surface area contributed by atoms with Gasteiger partial charge in [-0.15, -0.1) is 0 Å². The molecule has 0 saturated carbocycles. The summed E-state index contributed by atoms with van der Waals surface area (Å²) in [4.78, 5) is 11.7. The predicted octanol–water partition coefficient (Wildman–Crippen LogP) is 14.4. The summed E-state index contributed by atoms with van der Waals surface area (Å²) in [5.41, 5.74) is 14.2. The van der Waals surface area contributed by atoms with Gasteiger partial charge in [0.05, 0.1) is 33.5 Å². The molecule has 0 atom stereocenters. The molecule has 0 fully saturated rings. The second kappa shape index (κ2) is 14.3. The molecule has 3 heterocycles. The van der Waals surface area contributed by atoms with Crippen LogP contribution in [0.2, 0.25) is 0 Å². The van der Waals surface area contributed by atoms with E-state index in [1.54, 1.807) is 0 Å². The van der Waals surface area contributed by atoms with Gasteiger partial charge in [-0.05, 0) is 108 Å². The number of aromatic nitrogens is 4. The molecule has 0 aliphatic rings. The van der Waals surface area contributed by atoms with Crippen molar-refractivity contribution in [3.8, 4) is 56.4 Å². The molecule has 8 aromatic carbocycles. The highest BCUT2D eigenvalue weighted by Crippen LogP contribution is 2.46. The van der Waals surface area contributed by atoms with Crippen molar-refractivity contribution >= 4 is 53.6 Å². The van der Waals surface area contributed by atoms with Crippen molar-refractivity contribution in [2.24, 2.45) is 0 Å². The van der Waals surface area contributed by atoms with Crippen molar-refractivity contribution in [3.63, 3.8) is 0 Å². The third-order valence-corrected chi connectivity index (χ3v) is 13.4. The van der Waals surface area contributed by atoms with Crippen molar-refractivity contribution in [1.29, 1.82) is 0 Å². The minimum Gasteiger partial charge on any atom is -0.309 e. The van der Waals surface area contributed by atoms with Gasteiger partial charge in [-0.1, -0.05) is 127 Å². The standard InChI is InChI=1S/C55H42N4S/c1-60(2,3)44-29-27-42(28-30-44)58-51-23-12-10-21-45(51)47-31-25-40(35-54(47)58)39-26-32-53-48(34-39)46-22-11-13-24-52(46)59(53)43-20-14-19-41(33-43)55-56-49(37-15-6-4-7-16-37)36-50(57-55)38-17-8-5-9-18-38/h4-36H,1-3H3. The molecule has 5 heteroatoms. The van der Waals surface area contributed by atoms with E-state index in [9.17, 15) is 0 Å². The molecule has 288 valence electrons. The van der Waals surface area contributed by atoms with Gasteiger partial charge in [0.25, 0.3) is 0 Å². The number of hydrogen-bond donors (Lipinski definition) is 0. The Balaban J connectivity index is 1.04. The number of nitrogens with zero attached hydrogens (tertiary/aromatic N) is 4. The smallest absolute Gasteiger partial charge is 0.160 e. The Morgan fingerprint density at radius 3 is 1.50 bits per heavy atom. The molecule has 0 saturated heterocycles. The first-order valence-corrected chi connectivity index (χ1v) is 23.2. The fraction of sp³-hybridized carbons (Fsp3) is 0.0545. The van der Waals surface area contributed by atoms with E-state index in [4.69, 9.17) is 9.97 Å². The quantitative estimate of drug-likeness (QED) is 0.161. The van der Waals surface area contributed by atoms with Gasteiger partial charge in [-0.25, -0.2) is 20.0 Å². The molecule has 60 heavy (non-hydrogen) atoms. The summed E-state index contributed by atoms with van der Waals surface area (Å²) in [6, 6.07) is 72.0. The Morgan fingerprint density at radius 2 is 0.850 bits per heavy atom. The van der Waals surface area contributed by atoms with Crippen LogP contribution in [-0.2, 0) is 0 Å². The third kappa shape index (κ3) is 6.18. The van der Waals surface area contributed by atoms with E-state index in [-0.39, 0.29) is 0 Å². The summed E-state index contributed by atoms with van der Waals surface area (Å²) in [6.45, 7) is 0. The topological polar surface area (TPSA) is 35.6 Å². The van der Waals surface area contributed by atoms with Crippen LogP contribution < -0.4 is 0 Å². The van der Waals surface area contributed by atoms with E-state index in [0.717, 1.165) is 44.8 Å². The van der Waals surface area contributed by atoms with Crippen LogP contribution in [-0.4, -0.2) is 37.9 Å². The molecule has 11 rings (SSSR count). The van der Waals surface area contributed by atoms with Crippen LogP contribution in [0.4, 0.5) is 0 Å². The lowest BCUT2D eigenvalue weighted by molar-refractivity contribution is 1.16. The number of rotatable bonds is 7. The molecule has 3 aromatic heterocycles. The fourth-order valence-corrected chi connectivity index (χ4v) is 9.69. The average molecular weight is 791 g/mol. The maximum absolute atomic E-state index is 5.14. The zero-order chi connectivity index (χ0) is 40.4. The first kappa shape index (κ1) is 35.9. The normalized spacial score (nSPS) is 12.2. The van der Waals surface area contributed by atoms with Crippen molar-refractivity contribution in [3.05, 3.63) is 200 Å². The minimum atomic E-state index is -0.820. The summed E-state index contributed by atoms with van der Waals surface area (Å²) in [5, 5.41) is 4.94. The second-order valence-electron chi connectivity index (χ2n) is 16.2. The van der Waals surface area contributed by atoms with Crippen LogP contribution in [0.5, 0.6) is 0 Å². The molecule has 0 amide bonds. The summed E-state index contributed by atoms with van der Waals surface area (Å²) >= 11 is 0. The maximum Gasteiger partial charge on any atom is 0.160 e. The van der Waals surface area contributed by atoms with Crippen LogP contribution in [0.25, 0.3) is 100 Å². The number of fused-ring (bicyclic) bond motifs is 6. The fourth-order valence-electron chi connectivity index (χ4n) is 8.74. The summed E-state index contributed by atoms with van der Waals surface area (Å²) in [7, 11) is -0.820. The molecule has 0 radical (unpaired) electrons. The molecule has 0 aliphatic heterocycles. The zero-order valence-electron chi connectivity index (χ0n) is 33.7. The van der Waals surface area contributed by atoms with Gasteiger partial charge in [0.15, 0.2) is 5.82 Å². The van der Waals surface area contributed by atoms with E-state index < -0.39 is 10.0 Å².